The van der Waals surface area contributed by atoms with Gasteiger partial charge in [-0.3, -0.25) is 0 Å². The van der Waals surface area contributed by atoms with Crippen molar-refractivity contribution in [3.8, 4) is 11.5 Å². The zero-order chi connectivity index (χ0) is 11.8. The molecule has 1 aromatic carbocycles. The van der Waals surface area contributed by atoms with Gasteiger partial charge in [0.05, 0.1) is 24.2 Å². The number of hydrogen-bond acceptors (Lipinski definition) is 4. The number of benzene rings is 1. The van der Waals surface area contributed by atoms with Crippen molar-refractivity contribution in [1.29, 1.82) is 0 Å². The lowest BCUT2D eigenvalue weighted by molar-refractivity contribution is 0.297. The Morgan fingerprint density at radius 1 is 0.882 bits per heavy atom. The summed E-state index contributed by atoms with van der Waals surface area (Å²) in [5.41, 5.74) is 1.28. The molecule has 6 heteroatoms. The van der Waals surface area contributed by atoms with Crippen LogP contribution in [0.15, 0.2) is 12.1 Å². The SMILES string of the molecule is Clc1nc2cc3c(cc2nc1Cl)OCCCO3. The first-order valence-corrected chi connectivity index (χ1v) is 5.92. The summed E-state index contributed by atoms with van der Waals surface area (Å²) in [6, 6.07) is 3.54. The molecule has 1 aliphatic rings. The maximum atomic E-state index is 5.83. The van der Waals surface area contributed by atoms with Crippen LogP contribution in [0, 0.1) is 0 Å². The molecular weight excluding hydrogens is 263 g/mol. The van der Waals surface area contributed by atoms with Crippen LogP contribution in [0.5, 0.6) is 11.5 Å². The lowest BCUT2D eigenvalue weighted by Crippen LogP contribution is -1.97. The van der Waals surface area contributed by atoms with Crippen molar-refractivity contribution in [3.63, 3.8) is 0 Å². The number of fused-ring (bicyclic) bond motifs is 2. The Kier molecular flexibility index (Phi) is 2.68. The quantitative estimate of drug-likeness (QED) is 0.738. The van der Waals surface area contributed by atoms with Crippen LogP contribution >= 0.6 is 23.2 Å². The highest BCUT2D eigenvalue weighted by Gasteiger charge is 2.14. The molecule has 2 heterocycles. The van der Waals surface area contributed by atoms with E-state index in [1.165, 1.54) is 0 Å². The molecule has 1 aliphatic heterocycles. The van der Waals surface area contributed by atoms with E-state index in [9.17, 15) is 0 Å². The Labute approximate surface area is 107 Å². The van der Waals surface area contributed by atoms with Gasteiger partial charge in [-0.05, 0) is 0 Å². The summed E-state index contributed by atoms with van der Waals surface area (Å²) in [5.74, 6) is 1.34. The molecule has 1 aromatic heterocycles. The van der Waals surface area contributed by atoms with Crippen molar-refractivity contribution < 1.29 is 9.47 Å². The summed E-state index contributed by atoms with van der Waals surface area (Å²) in [6.07, 6.45) is 0.855. The Balaban J connectivity index is 2.22. The Bertz CT molecular complexity index is 539. The van der Waals surface area contributed by atoms with Crippen molar-refractivity contribution >= 4 is 34.2 Å². The monoisotopic (exact) mass is 270 g/mol. The molecule has 0 saturated heterocycles. The second-order valence-electron chi connectivity index (χ2n) is 3.64. The average Bonchev–Trinajstić information content (AvgIpc) is 2.53. The predicted molar refractivity (Wildman–Crippen MR) is 65.2 cm³/mol. The van der Waals surface area contributed by atoms with E-state index in [0.717, 1.165) is 6.42 Å². The number of aromatic nitrogens is 2. The molecule has 0 bridgehead atoms. The maximum Gasteiger partial charge on any atom is 0.167 e. The maximum absolute atomic E-state index is 5.83. The van der Waals surface area contributed by atoms with E-state index < -0.39 is 0 Å². The van der Waals surface area contributed by atoms with Crippen molar-refractivity contribution in [2.75, 3.05) is 13.2 Å². The molecule has 0 fully saturated rings. The van der Waals surface area contributed by atoms with Gasteiger partial charge >= 0.3 is 0 Å². The van der Waals surface area contributed by atoms with E-state index >= 15 is 0 Å². The topological polar surface area (TPSA) is 44.2 Å². The predicted octanol–water partition coefficient (Wildman–Crippen LogP) is 3.10. The van der Waals surface area contributed by atoms with E-state index in [1.54, 1.807) is 12.1 Å². The van der Waals surface area contributed by atoms with Crippen LogP contribution in [0.1, 0.15) is 6.42 Å². The van der Waals surface area contributed by atoms with Gasteiger partial charge in [0.1, 0.15) is 0 Å². The molecule has 0 aliphatic carbocycles. The number of ether oxygens (including phenoxy) is 2. The summed E-state index contributed by atoms with van der Waals surface area (Å²) in [5, 5.41) is 0.377. The first-order valence-electron chi connectivity index (χ1n) is 5.16. The lowest BCUT2D eigenvalue weighted by Gasteiger charge is -2.08. The van der Waals surface area contributed by atoms with Gasteiger partial charge < -0.3 is 9.47 Å². The van der Waals surface area contributed by atoms with Crippen LogP contribution in [0.3, 0.4) is 0 Å². The number of halogens is 2. The van der Waals surface area contributed by atoms with Crippen LogP contribution < -0.4 is 9.47 Å². The van der Waals surface area contributed by atoms with Gasteiger partial charge in [-0.1, -0.05) is 23.2 Å². The summed E-state index contributed by atoms with van der Waals surface area (Å²) in [6.45, 7) is 1.26. The molecule has 3 rings (SSSR count). The highest BCUT2D eigenvalue weighted by molar-refractivity contribution is 6.40. The standard InChI is InChI=1S/C11H8Cl2N2O2/c12-10-11(13)15-7-5-9-8(4-6(7)14-10)16-2-1-3-17-9/h4-5H,1-3H2. The zero-order valence-electron chi connectivity index (χ0n) is 8.74. The van der Waals surface area contributed by atoms with Crippen LogP contribution in [0.4, 0.5) is 0 Å². The highest BCUT2D eigenvalue weighted by atomic mass is 35.5. The molecule has 0 spiro atoms. The second kappa shape index (κ2) is 4.20. The van der Waals surface area contributed by atoms with Crippen LogP contribution in [0.2, 0.25) is 10.3 Å². The highest BCUT2D eigenvalue weighted by Crippen LogP contribution is 2.34. The fraction of sp³-hybridized carbons (Fsp3) is 0.273. The summed E-state index contributed by atoms with van der Waals surface area (Å²) >= 11 is 11.7. The lowest BCUT2D eigenvalue weighted by atomic mass is 10.2. The van der Waals surface area contributed by atoms with E-state index in [4.69, 9.17) is 32.7 Å². The third-order valence-electron chi connectivity index (χ3n) is 2.45. The number of rotatable bonds is 0. The normalized spacial score (nSPS) is 14.7. The molecule has 0 N–H and O–H groups in total. The Hall–Kier alpha value is -1.26. The third-order valence-corrected chi connectivity index (χ3v) is 3.08. The van der Waals surface area contributed by atoms with Gasteiger partial charge in [0, 0.05) is 18.6 Å². The smallest absolute Gasteiger partial charge is 0.167 e. The van der Waals surface area contributed by atoms with Crippen LogP contribution in [0.25, 0.3) is 11.0 Å². The molecule has 88 valence electrons. The molecule has 4 nitrogen and oxygen atoms in total. The van der Waals surface area contributed by atoms with E-state index in [1.807, 2.05) is 0 Å². The number of hydrogen-bond donors (Lipinski definition) is 0. The van der Waals surface area contributed by atoms with Gasteiger partial charge in [-0.2, -0.15) is 0 Å². The Morgan fingerprint density at radius 3 is 1.82 bits per heavy atom. The Morgan fingerprint density at radius 2 is 1.35 bits per heavy atom. The minimum atomic E-state index is 0.189. The van der Waals surface area contributed by atoms with Gasteiger partial charge in [0.2, 0.25) is 0 Å². The molecule has 0 saturated carbocycles. The molecular formula is C11H8Cl2N2O2. The first-order chi connectivity index (χ1) is 8.24. The first kappa shape index (κ1) is 10.9. The minimum Gasteiger partial charge on any atom is -0.489 e. The third kappa shape index (κ3) is 1.98. The fourth-order valence-corrected chi connectivity index (χ4v) is 1.94. The van der Waals surface area contributed by atoms with E-state index in [2.05, 4.69) is 9.97 Å². The van der Waals surface area contributed by atoms with Gasteiger partial charge in [0.25, 0.3) is 0 Å². The largest absolute Gasteiger partial charge is 0.489 e. The van der Waals surface area contributed by atoms with E-state index in [-0.39, 0.29) is 10.3 Å². The second-order valence-corrected chi connectivity index (χ2v) is 4.36. The number of nitrogens with zero attached hydrogens (tertiary/aromatic N) is 2. The van der Waals surface area contributed by atoms with Crippen molar-refractivity contribution in [1.82, 2.24) is 9.97 Å². The van der Waals surface area contributed by atoms with E-state index in [0.29, 0.717) is 35.7 Å². The van der Waals surface area contributed by atoms with Gasteiger partial charge in [-0.25, -0.2) is 9.97 Å². The van der Waals surface area contributed by atoms with Crippen LogP contribution in [-0.2, 0) is 0 Å². The van der Waals surface area contributed by atoms with Gasteiger partial charge in [-0.15, -0.1) is 0 Å². The summed E-state index contributed by atoms with van der Waals surface area (Å²) in [7, 11) is 0. The molecule has 2 aromatic rings. The average molecular weight is 271 g/mol. The molecule has 0 radical (unpaired) electrons. The van der Waals surface area contributed by atoms with Gasteiger partial charge in [0.15, 0.2) is 21.8 Å². The summed E-state index contributed by atoms with van der Waals surface area (Å²) in [4.78, 5) is 8.30. The van der Waals surface area contributed by atoms with Crippen molar-refractivity contribution in [3.05, 3.63) is 22.4 Å². The summed E-state index contributed by atoms with van der Waals surface area (Å²) < 4.78 is 11.1. The molecule has 17 heavy (non-hydrogen) atoms. The fourth-order valence-electron chi connectivity index (χ4n) is 1.67. The molecule has 0 unspecified atom stereocenters. The van der Waals surface area contributed by atoms with Crippen molar-refractivity contribution in [2.45, 2.75) is 6.42 Å². The minimum absolute atomic E-state index is 0.189. The molecule has 0 amide bonds. The van der Waals surface area contributed by atoms with Crippen LogP contribution in [-0.4, -0.2) is 23.2 Å². The zero-order valence-corrected chi connectivity index (χ0v) is 10.3. The molecule has 0 atom stereocenters. The van der Waals surface area contributed by atoms with Crippen molar-refractivity contribution in [2.24, 2.45) is 0 Å².